The number of pyridine rings is 1. The van der Waals surface area contributed by atoms with Crippen LogP contribution in [-0.4, -0.2) is 91.7 Å². The van der Waals surface area contributed by atoms with Crippen LogP contribution in [0.5, 0.6) is 5.88 Å². The molecule has 1 unspecified atom stereocenters. The first kappa shape index (κ1) is 30.6. The fourth-order valence-corrected chi connectivity index (χ4v) is 5.04. The highest BCUT2D eigenvalue weighted by molar-refractivity contribution is 5.98. The van der Waals surface area contributed by atoms with Gasteiger partial charge in [-0.1, -0.05) is 11.6 Å². The zero-order valence-corrected chi connectivity index (χ0v) is 24.0. The molecule has 4 N–H and O–H groups in total. The van der Waals surface area contributed by atoms with Crippen molar-refractivity contribution in [2.45, 2.75) is 82.2 Å². The smallest absolute Gasteiger partial charge is 0.243 e. The minimum atomic E-state index is -1.03. The van der Waals surface area contributed by atoms with E-state index in [2.05, 4.69) is 32.3 Å². The average Bonchev–Trinajstić information content (AvgIpc) is 3.50. The maximum Gasteiger partial charge on any atom is 0.243 e. The van der Waals surface area contributed by atoms with Crippen LogP contribution >= 0.6 is 0 Å². The first-order valence-electron chi connectivity index (χ1n) is 14.2. The molecular formula is C29H41N5O7. The third-order valence-corrected chi connectivity index (χ3v) is 7.60. The Kier molecular flexibility index (Phi) is 10.5. The predicted octanol–water partition coefficient (Wildman–Crippen LogP) is 0.344. The molecule has 224 valence electrons. The number of epoxide rings is 1. The molecule has 0 radical (unpaired) electrons. The molecule has 0 saturated carbocycles. The zero-order chi connectivity index (χ0) is 29.4. The van der Waals surface area contributed by atoms with Gasteiger partial charge in [-0.05, 0) is 51.2 Å². The Morgan fingerprint density at radius 3 is 2.61 bits per heavy atom. The summed E-state index contributed by atoms with van der Waals surface area (Å²) in [5.41, 5.74) is 0.917. The second kappa shape index (κ2) is 14.0. The van der Waals surface area contributed by atoms with Gasteiger partial charge in [0.1, 0.15) is 17.7 Å². The van der Waals surface area contributed by atoms with Crippen LogP contribution in [0.1, 0.15) is 51.5 Å². The molecule has 1 aromatic rings. The Bertz CT molecular complexity index is 1150. The molecule has 3 heterocycles. The summed E-state index contributed by atoms with van der Waals surface area (Å²) in [4.78, 5) is 56.8. The van der Waals surface area contributed by atoms with E-state index in [1.165, 1.54) is 7.11 Å². The van der Waals surface area contributed by atoms with Gasteiger partial charge in [0.25, 0.3) is 0 Å². The van der Waals surface area contributed by atoms with E-state index in [1.807, 2.05) is 0 Å². The van der Waals surface area contributed by atoms with Gasteiger partial charge in [0.15, 0.2) is 5.78 Å². The van der Waals surface area contributed by atoms with E-state index in [-0.39, 0.29) is 30.6 Å². The van der Waals surface area contributed by atoms with Gasteiger partial charge in [0.05, 0.1) is 38.9 Å². The van der Waals surface area contributed by atoms with Crippen LogP contribution in [0.15, 0.2) is 30.0 Å². The molecule has 0 aromatic carbocycles. The van der Waals surface area contributed by atoms with E-state index in [9.17, 15) is 19.2 Å². The topological polar surface area (TPSA) is 160 Å². The predicted molar refractivity (Wildman–Crippen MR) is 149 cm³/mol. The van der Waals surface area contributed by atoms with Crippen LogP contribution in [0.25, 0.3) is 0 Å². The maximum atomic E-state index is 13.7. The number of amides is 3. The molecule has 0 bridgehead atoms. The number of carbonyl (C=O) groups excluding carboxylic acids is 4. The number of morpholine rings is 1. The van der Waals surface area contributed by atoms with Crippen LogP contribution in [0.4, 0.5) is 0 Å². The number of ketones is 1. The monoisotopic (exact) mass is 571 g/mol. The van der Waals surface area contributed by atoms with E-state index in [0.29, 0.717) is 37.6 Å². The summed E-state index contributed by atoms with van der Waals surface area (Å²) in [6, 6.07) is 0.693. The van der Waals surface area contributed by atoms with Crippen LogP contribution in [0, 0.1) is 0 Å². The molecule has 1 aliphatic carbocycles. The summed E-state index contributed by atoms with van der Waals surface area (Å²) in [6.07, 6.45) is 6.90. The number of rotatable bonds is 14. The van der Waals surface area contributed by atoms with Crippen LogP contribution in [0.3, 0.4) is 0 Å². The lowest BCUT2D eigenvalue weighted by molar-refractivity contribution is -0.134. The van der Waals surface area contributed by atoms with Crippen molar-refractivity contribution in [2.24, 2.45) is 0 Å². The van der Waals surface area contributed by atoms with Crippen molar-refractivity contribution < 1.29 is 33.4 Å². The fourth-order valence-electron chi connectivity index (χ4n) is 5.04. The number of hydrogen-bond donors (Lipinski definition) is 4. The van der Waals surface area contributed by atoms with Crippen molar-refractivity contribution in [3.05, 3.63) is 35.5 Å². The molecule has 3 aliphatic rings. The number of Topliss-reactive ketones (excluding diaryl/α,β-unsaturated/α-hetero) is 1. The molecule has 1 aromatic heterocycles. The highest BCUT2D eigenvalue weighted by Crippen LogP contribution is 2.31. The number of ether oxygens (including phenoxy) is 3. The third kappa shape index (κ3) is 8.82. The number of hydrogen-bond acceptors (Lipinski definition) is 9. The summed E-state index contributed by atoms with van der Waals surface area (Å²) in [5.74, 6) is -1.17. The molecule has 0 spiro atoms. The lowest BCUT2D eigenvalue weighted by atomic mass is 9.94. The molecule has 2 fully saturated rings. The number of methoxy groups -OCH3 is 1. The Morgan fingerprint density at radius 2 is 1.95 bits per heavy atom. The van der Waals surface area contributed by atoms with Crippen LogP contribution in [0.2, 0.25) is 0 Å². The van der Waals surface area contributed by atoms with Crippen molar-refractivity contribution in [1.82, 2.24) is 26.3 Å². The van der Waals surface area contributed by atoms with Crippen LogP contribution < -0.4 is 26.0 Å². The standard InChI is InChI=1S/C29H41N5O7/c1-18(32-24(35)15-21-16-30-10-11-40-21)27(37)34-23(13-20-8-9-31-25(14-20)39-3)28(38)33-22(12-19-6-4-5-7-19)26(36)29(2)17-41-29/h6,8-9,14,18,21-23,30H,4-5,7,10-13,15-17H2,1-3H3,(H,32,35)(H,33,38)(H,34,37)/t18-,21?,22-,23-,29+/m0/s1. The van der Waals surface area contributed by atoms with Gasteiger partial charge in [-0.2, -0.15) is 0 Å². The minimum absolute atomic E-state index is 0.117. The van der Waals surface area contributed by atoms with Crippen molar-refractivity contribution in [3.8, 4) is 5.88 Å². The van der Waals surface area contributed by atoms with Gasteiger partial charge in [0, 0.05) is 31.8 Å². The van der Waals surface area contributed by atoms with Crippen LogP contribution in [-0.2, 0) is 35.1 Å². The number of nitrogens with one attached hydrogen (secondary N) is 4. The first-order valence-corrected chi connectivity index (χ1v) is 14.2. The molecule has 4 rings (SSSR count). The van der Waals surface area contributed by atoms with Gasteiger partial charge in [-0.25, -0.2) is 4.98 Å². The van der Waals surface area contributed by atoms with Crippen molar-refractivity contribution in [2.75, 3.05) is 33.4 Å². The quantitative estimate of drug-likeness (QED) is 0.182. The Hall–Kier alpha value is -3.35. The highest BCUT2D eigenvalue weighted by atomic mass is 16.6. The van der Waals surface area contributed by atoms with E-state index in [0.717, 1.165) is 31.4 Å². The largest absolute Gasteiger partial charge is 0.481 e. The number of nitrogens with zero attached hydrogens (tertiary/aromatic N) is 1. The molecule has 12 heteroatoms. The van der Waals surface area contributed by atoms with Gasteiger partial charge in [0.2, 0.25) is 23.6 Å². The molecular weight excluding hydrogens is 530 g/mol. The Morgan fingerprint density at radius 1 is 1.17 bits per heavy atom. The fraction of sp³-hybridized carbons (Fsp3) is 0.621. The van der Waals surface area contributed by atoms with Crippen molar-refractivity contribution in [1.29, 1.82) is 0 Å². The Balaban J connectivity index is 1.45. The van der Waals surface area contributed by atoms with E-state index in [1.54, 1.807) is 32.2 Å². The molecule has 5 atom stereocenters. The van der Waals surface area contributed by atoms with Crippen molar-refractivity contribution in [3.63, 3.8) is 0 Å². The molecule has 2 aliphatic heterocycles. The summed E-state index contributed by atoms with van der Waals surface area (Å²) in [7, 11) is 1.49. The lowest BCUT2D eigenvalue weighted by Crippen LogP contribution is -2.57. The summed E-state index contributed by atoms with van der Waals surface area (Å²) >= 11 is 0. The molecule has 12 nitrogen and oxygen atoms in total. The summed E-state index contributed by atoms with van der Waals surface area (Å²) < 4.78 is 16.2. The second-order valence-electron chi connectivity index (χ2n) is 11.1. The number of carbonyl (C=O) groups is 4. The maximum absolute atomic E-state index is 13.7. The minimum Gasteiger partial charge on any atom is -0.481 e. The highest BCUT2D eigenvalue weighted by Gasteiger charge is 2.50. The lowest BCUT2D eigenvalue weighted by Gasteiger charge is -2.26. The van der Waals surface area contributed by atoms with Gasteiger partial charge in [-0.15, -0.1) is 0 Å². The molecule has 2 saturated heterocycles. The van der Waals surface area contributed by atoms with E-state index < -0.39 is 35.5 Å². The number of allylic oxidation sites excluding steroid dienone is 1. The molecule has 3 amide bonds. The van der Waals surface area contributed by atoms with E-state index >= 15 is 0 Å². The number of aromatic nitrogens is 1. The summed E-state index contributed by atoms with van der Waals surface area (Å²) in [6.45, 7) is 5.41. The Labute approximate surface area is 240 Å². The third-order valence-electron chi connectivity index (χ3n) is 7.60. The second-order valence-corrected chi connectivity index (χ2v) is 11.1. The van der Waals surface area contributed by atoms with Crippen molar-refractivity contribution >= 4 is 23.5 Å². The average molecular weight is 572 g/mol. The van der Waals surface area contributed by atoms with Gasteiger partial charge < -0.3 is 35.5 Å². The van der Waals surface area contributed by atoms with Gasteiger partial charge >= 0.3 is 0 Å². The van der Waals surface area contributed by atoms with E-state index in [4.69, 9.17) is 14.2 Å². The zero-order valence-electron chi connectivity index (χ0n) is 24.0. The summed E-state index contributed by atoms with van der Waals surface area (Å²) in [5, 5.41) is 11.5. The normalized spacial score (nSPS) is 23.9. The molecule has 41 heavy (non-hydrogen) atoms. The van der Waals surface area contributed by atoms with Gasteiger partial charge in [-0.3, -0.25) is 19.2 Å². The first-order chi connectivity index (χ1) is 19.7. The SMILES string of the molecule is COc1cc(C[C@H](NC(=O)[C@H](C)NC(=O)CC2CNCCO2)C(=O)N[C@@H](CC2=CCCC2)C(=O)[C@@]2(C)CO2)ccn1.